The molecule has 1 atom stereocenters. The topological polar surface area (TPSA) is 78.9 Å². The standard InChI is InChI=1S/C73H114O6/c1-4-7-10-13-16-19-22-25-28-31-33-34-35-36-37-38-40-42-45-48-51-54-57-60-63-66-72(75)78-69-70(68-77-71(74)65-62-59-56-53-50-47-44-41-30-27-24-21-18-15-12-9-6-3)79-73(76)67-64-61-58-55-52-49-46-43-39-32-29-26-23-20-17-14-11-8-5-2/h7,9-10,12,16-21,25-30,33-34,36-37,39-40,42-44,47,53,56,70H,4-6,8,11,13-15,22-24,31-32,35,38,41,45-46,48-52,54-55,57-69H2,1-3H3/b10-7-,12-9-,19-16-,20-17-,21-18-,28-25-,29-26-,30-27-,34-33-,37-36-,42-40-,43-39-,47-44-,56-53-. The van der Waals surface area contributed by atoms with Crippen LogP contribution in [0, 0.1) is 0 Å². The van der Waals surface area contributed by atoms with Crippen molar-refractivity contribution >= 4 is 17.9 Å². The van der Waals surface area contributed by atoms with Gasteiger partial charge < -0.3 is 14.2 Å². The molecule has 0 aliphatic carbocycles. The lowest BCUT2D eigenvalue weighted by Crippen LogP contribution is -2.30. The number of carbonyl (C=O) groups excluding carboxylic acids is 3. The fourth-order valence-electron chi connectivity index (χ4n) is 8.02. The maximum absolute atomic E-state index is 12.9. The Labute approximate surface area is 485 Å². The van der Waals surface area contributed by atoms with Gasteiger partial charge in [-0.05, 0) is 148 Å². The van der Waals surface area contributed by atoms with Gasteiger partial charge >= 0.3 is 17.9 Å². The number of carbonyl (C=O) groups is 3. The molecule has 0 aliphatic rings. The molecule has 0 aromatic carbocycles. The Hall–Kier alpha value is -5.23. The summed E-state index contributed by atoms with van der Waals surface area (Å²) in [6.07, 6.45) is 96.4. The molecule has 0 saturated heterocycles. The summed E-state index contributed by atoms with van der Waals surface area (Å²) < 4.78 is 16.9. The number of rotatable bonds is 55. The normalized spacial score (nSPS) is 13.3. The number of unbranched alkanes of at least 4 members (excludes halogenated alkanes) is 16. The summed E-state index contributed by atoms with van der Waals surface area (Å²) in [4.78, 5) is 38.3. The molecule has 0 aromatic rings. The molecule has 0 saturated carbocycles. The first-order chi connectivity index (χ1) is 39.0. The molecule has 0 rings (SSSR count). The lowest BCUT2D eigenvalue weighted by Gasteiger charge is -2.18. The van der Waals surface area contributed by atoms with Crippen LogP contribution in [0.3, 0.4) is 0 Å². The number of ether oxygens (including phenoxy) is 3. The van der Waals surface area contributed by atoms with Crippen LogP contribution in [0.4, 0.5) is 0 Å². The smallest absolute Gasteiger partial charge is 0.306 e. The zero-order valence-corrected chi connectivity index (χ0v) is 50.6. The van der Waals surface area contributed by atoms with Crippen LogP contribution in [0.5, 0.6) is 0 Å². The maximum Gasteiger partial charge on any atom is 0.306 e. The number of esters is 3. The first kappa shape index (κ1) is 73.8. The molecule has 6 heteroatoms. The minimum Gasteiger partial charge on any atom is -0.462 e. The fraction of sp³-hybridized carbons (Fsp3) is 0.575. The van der Waals surface area contributed by atoms with Gasteiger partial charge in [-0.2, -0.15) is 0 Å². The summed E-state index contributed by atoms with van der Waals surface area (Å²) >= 11 is 0. The summed E-state index contributed by atoms with van der Waals surface area (Å²) in [5, 5.41) is 0. The molecule has 79 heavy (non-hydrogen) atoms. The predicted molar refractivity (Wildman–Crippen MR) is 343 cm³/mol. The van der Waals surface area contributed by atoms with E-state index in [1.165, 1.54) is 51.4 Å². The third-order valence-corrected chi connectivity index (χ3v) is 12.7. The van der Waals surface area contributed by atoms with Crippen molar-refractivity contribution in [2.75, 3.05) is 13.2 Å². The number of hydrogen-bond acceptors (Lipinski definition) is 6. The van der Waals surface area contributed by atoms with Crippen molar-refractivity contribution in [1.82, 2.24) is 0 Å². The van der Waals surface area contributed by atoms with E-state index in [9.17, 15) is 14.4 Å². The molecule has 0 radical (unpaired) electrons. The highest BCUT2D eigenvalue weighted by atomic mass is 16.6. The van der Waals surface area contributed by atoms with Crippen LogP contribution in [0.2, 0.25) is 0 Å². The van der Waals surface area contributed by atoms with Gasteiger partial charge in [0.15, 0.2) is 6.10 Å². The highest BCUT2D eigenvalue weighted by molar-refractivity contribution is 5.71. The highest BCUT2D eigenvalue weighted by Gasteiger charge is 2.19. The molecule has 0 bridgehead atoms. The molecule has 0 heterocycles. The summed E-state index contributed by atoms with van der Waals surface area (Å²) in [7, 11) is 0. The van der Waals surface area contributed by atoms with Crippen LogP contribution in [-0.4, -0.2) is 37.2 Å². The molecule has 0 spiro atoms. The summed E-state index contributed by atoms with van der Waals surface area (Å²) in [6.45, 7) is 6.31. The molecule has 0 fully saturated rings. The predicted octanol–water partition coefficient (Wildman–Crippen LogP) is 21.9. The molecular weight excluding hydrogens is 973 g/mol. The number of hydrogen-bond donors (Lipinski definition) is 0. The zero-order chi connectivity index (χ0) is 57.1. The van der Waals surface area contributed by atoms with Gasteiger partial charge in [-0.15, -0.1) is 0 Å². The summed E-state index contributed by atoms with van der Waals surface area (Å²) in [6, 6.07) is 0. The largest absolute Gasteiger partial charge is 0.462 e. The van der Waals surface area contributed by atoms with Crippen LogP contribution in [-0.2, 0) is 28.6 Å². The van der Waals surface area contributed by atoms with Crippen LogP contribution >= 0.6 is 0 Å². The second-order valence-corrected chi connectivity index (χ2v) is 20.2. The van der Waals surface area contributed by atoms with E-state index >= 15 is 0 Å². The van der Waals surface area contributed by atoms with Gasteiger partial charge in [0.2, 0.25) is 0 Å². The Kier molecular flexibility index (Phi) is 61.0. The lowest BCUT2D eigenvalue weighted by atomic mass is 10.1. The van der Waals surface area contributed by atoms with Gasteiger partial charge in [-0.3, -0.25) is 14.4 Å². The molecule has 442 valence electrons. The third-order valence-electron chi connectivity index (χ3n) is 12.7. The molecule has 0 amide bonds. The SMILES string of the molecule is CC/C=C\C/C=C\C/C=C\C/C=C\C/C=C\C/C=C\CCCCCCCCC(=O)OCC(COC(=O)CCC/C=C\C/C=C\C/C=C\C/C=C\C/C=C\CC)OC(=O)CCCCCCCC/C=C\C/C=C\C/C=C\CCCCC. The second-order valence-electron chi connectivity index (χ2n) is 20.2. The molecule has 6 nitrogen and oxygen atoms in total. The Morgan fingerprint density at radius 3 is 0.823 bits per heavy atom. The van der Waals surface area contributed by atoms with Gasteiger partial charge in [0.05, 0.1) is 0 Å². The Morgan fingerprint density at radius 1 is 0.266 bits per heavy atom. The van der Waals surface area contributed by atoms with Crippen molar-refractivity contribution in [2.45, 2.75) is 258 Å². The monoisotopic (exact) mass is 1090 g/mol. The van der Waals surface area contributed by atoms with E-state index in [2.05, 4.69) is 191 Å². The average Bonchev–Trinajstić information content (AvgIpc) is 3.45. The summed E-state index contributed by atoms with van der Waals surface area (Å²) in [5.41, 5.74) is 0. The van der Waals surface area contributed by atoms with E-state index in [0.717, 1.165) is 154 Å². The Bertz CT molecular complexity index is 1820. The minimum absolute atomic E-state index is 0.117. The number of allylic oxidation sites excluding steroid dienone is 28. The highest BCUT2D eigenvalue weighted by Crippen LogP contribution is 2.13. The van der Waals surface area contributed by atoms with Gasteiger partial charge in [0.25, 0.3) is 0 Å². The third kappa shape index (κ3) is 63.5. The van der Waals surface area contributed by atoms with Crippen LogP contribution < -0.4 is 0 Å². The van der Waals surface area contributed by atoms with Crippen molar-refractivity contribution in [3.8, 4) is 0 Å². The Balaban J connectivity index is 4.53. The van der Waals surface area contributed by atoms with Crippen molar-refractivity contribution in [2.24, 2.45) is 0 Å². The minimum atomic E-state index is -0.826. The van der Waals surface area contributed by atoms with Gasteiger partial charge in [0.1, 0.15) is 13.2 Å². The molecule has 0 aromatic heterocycles. The van der Waals surface area contributed by atoms with Gasteiger partial charge in [-0.25, -0.2) is 0 Å². The lowest BCUT2D eigenvalue weighted by molar-refractivity contribution is -0.167. The average molecular weight is 1090 g/mol. The van der Waals surface area contributed by atoms with Crippen LogP contribution in [0.1, 0.15) is 252 Å². The van der Waals surface area contributed by atoms with Gasteiger partial charge in [-0.1, -0.05) is 255 Å². The van der Waals surface area contributed by atoms with Crippen LogP contribution in [0.25, 0.3) is 0 Å². The van der Waals surface area contributed by atoms with Crippen molar-refractivity contribution in [3.63, 3.8) is 0 Å². The molecule has 0 N–H and O–H groups in total. The van der Waals surface area contributed by atoms with E-state index in [-0.39, 0.29) is 44.0 Å². The fourth-order valence-corrected chi connectivity index (χ4v) is 8.02. The molecule has 1 unspecified atom stereocenters. The van der Waals surface area contributed by atoms with E-state index < -0.39 is 6.10 Å². The summed E-state index contributed by atoms with van der Waals surface area (Å²) in [5.74, 6) is -1.01. The van der Waals surface area contributed by atoms with Crippen LogP contribution in [0.15, 0.2) is 170 Å². The first-order valence-corrected chi connectivity index (χ1v) is 31.6. The Morgan fingerprint density at radius 2 is 0.506 bits per heavy atom. The van der Waals surface area contributed by atoms with E-state index in [1.54, 1.807) is 0 Å². The zero-order valence-electron chi connectivity index (χ0n) is 50.6. The van der Waals surface area contributed by atoms with Crippen molar-refractivity contribution < 1.29 is 28.6 Å². The van der Waals surface area contributed by atoms with Crippen molar-refractivity contribution in [3.05, 3.63) is 170 Å². The van der Waals surface area contributed by atoms with E-state index in [1.807, 2.05) is 0 Å². The van der Waals surface area contributed by atoms with Crippen molar-refractivity contribution in [1.29, 1.82) is 0 Å². The second kappa shape index (κ2) is 65.3. The molecular formula is C73H114O6. The first-order valence-electron chi connectivity index (χ1n) is 31.6. The quantitative estimate of drug-likeness (QED) is 0.0261. The van der Waals surface area contributed by atoms with E-state index in [4.69, 9.17) is 14.2 Å². The molecule has 0 aliphatic heterocycles. The maximum atomic E-state index is 12.9. The van der Waals surface area contributed by atoms with Gasteiger partial charge in [0, 0.05) is 19.3 Å². The van der Waals surface area contributed by atoms with E-state index in [0.29, 0.717) is 12.8 Å².